The fourth-order valence-electron chi connectivity index (χ4n) is 4.46. The summed E-state index contributed by atoms with van der Waals surface area (Å²) in [5.74, 6) is 0.386. The average molecular weight is 438 g/mol. The third-order valence-corrected chi connectivity index (χ3v) is 6.45. The van der Waals surface area contributed by atoms with Crippen molar-refractivity contribution in [3.05, 3.63) is 34.9 Å². The number of benzene rings is 1. The van der Waals surface area contributed by atoms with Gasteiger partial charge < -0.3 is 8.80 Å². The minimum atomic E-state index is -0.815. The van der Waals surface area contributed by atoms with E-state index in [9.17, 15) is 5.26 Å². The highest BCUT2D eigenvalue weighted by molar-refractivity contribution is 14.1. The minimum absolute atomic E-state index is 0.134. The third-order valence-electron chi connectivity index (χ3n) is 5.73. The Morgan fingerprint density at radius 1 is 1.46 bits per heavy atom. The number of hydroxylamine groups is 2. The molecule has 0 aromatic heterocycles. The number of halogens is 1. The van der Waals surface area contributed by atoms with Crippen molar-refractivity contribution in [1.29, 1.82) is 5.26 Å². The van der Waals surface area contributed by atoms with Crippen LogP contribution in [0.25, 0.3) is 0 Å². The van der Waals surface area contributed by atoms with Crippen LogP contribution >= 0.6 is 23.0 Å². The SMILES string of the molecule is CN1OC2(N=C1N)c1cc(C#N)ccc1CC21CCC(OI)CC1. The summed E-state index contributed by atoms with van der Waals surface area (Å²) < 4.78 is 5.52. The Labute approximate surface area is 155 Å². The molecule has 2 N–H and O–H groups in total. The van der Waals surface area contributed by atoms with Gasteiger partial charge in [-0.2, -0.15) is 5.26 Å². The highest BCUT2D eigenvalue weighted by atomic mass is 127. The predicted molar refractivity (Wildman–Crippen MR) is 96.8 cm³/mol. The fraction of sp³-hybridized carbons (Fsp3) is 0.529. The van der Waals surface area contributed by atoms with E-state index < -0.39 is 5.72 Å². The van der Waals surface area contributed by atoms with E-state index in [2.05, 4.69) is 6.07 Å². The average Bonchev–Trinajstić information content (AvgIpc) is 3.04. The molecular weight excluding hydrogens is 419 g/mol. The molecule has 7 heteroatoms. The van der Waals surface area contributed by atoms with Gasteiger partial charge >= 0.3 is 0 Å². The maximum absolute atomic E-state index is 9.29. The monoisotopic (exact) mass is 438 g/mol. The van der Waals surface area contributed by atoms with Crippen molar-refractivity contribution in [3.63, 3.8) is 0 Å². The van der Waals surface area contributed by atoms with E-state index in [0.29, 0.717) is 11.5 Å². The molecule has 1 unspecified atom stereocenters. The van der Waals surface area contributed by atoms with Gasteiger partial charge in [-0.15, -0.1) is 0 Å². The molecule has 3 aliphatic rings. The topological polar surface area (TPSA) is 83.9 Å². The molecule has 2 spiro atoms. The first-order valence-electron chi connectivity index (χ1n) is 8.13. The molecule has 4 rings (SSSR count). The second kappa shape index (κ2) is 5.58. The summed E-state index contributed by atoms with van der Waals surface area (Å²) in [6.07, 6.45) is 5.06. The number of nitrogens with two attached hydrogens (primary N) is 1. The molecule has 1 atom stereocenters. The van der Waals surface area contributed by atoms with E-state index in [1.165, 1.54) is 5.56 Å². The van der Waals surface area contributed by atoms with Crippen LogP contribution in [0.2, 0.25) is 0 Å². The Balaban J connectivity index is 1.84. The molecule has 2 aliphatic carbocycles. The Morgan fingerprint density at radius 3 is 2.79 bits per heavy atom. The van der Waals surface area contributed by atoms with E-state index in [1.54, 1.807) is 12.1 Å². The number of aliphatic imine (C=N–C) groups is 1. The molecular formula is C17H19IN4O2. The Morgan fingerprint density at radius 2 is 2.21 bits per heavy atom. The summed E-state index contributed by atoms with van der Waals surface area (Å²) in [6, 6.07) is 8.05. The van der Waals surface area contributed by atoms with Gasteiger partial charge in [-0.25, -0.2) is 14.9 Å². The molecule has 1 heterocycles. The van der Waals surface area contributed by atoms with Gasteiger partial charge in [0.2, 0.25) is 11.7 Å². The first-order valence-corrected chi connectivity index (χ1v) is 9.01. The maximum Gasteiger partial charge on any atom is 0.220 e. The van der Waals surface area contributed by atoms with Crippen molar-refractivity contribution in [3.8, 4) is 6.07 Å². The van der Waals surface area contributed by atoms with E-state index in [4.69, 9.17) is 18.6 Å². The number of rotatable bonds is 1. The second-order valence-electron chi connectivity index (χ2n) is 6.93. The van der Waals surface area contributed by atoms with Crippen LogP contribution in [0.1, 0.15) is 42.4 Å². The van der Waals surface area contributed by atoms with Gasteiger partial charge in [0.15, 0.2) is 0 Å². The quantitative estimate of drug-likeness (QED) is 0.682. The van der Waals surface area contributed by atoms with Crippen LogP contribution in [0.3, 0.4) is 0 Å². The third kappa shape index (κ3) is 2.09. The molecule has 6 nitrogen and oxygen atoms in total. The summed E-state index contributed by atoms with van der Waals surface area (Å²) >= 11 is 1.99. The zero-order chi connectivity index (χ0) is 16.9. The number of nitrogens with zero attached hydrogens (tertiary/aromatic N) is 3. The van der Waals surface area contributed by atoms with Crippen LogP contribution in [-0.4, -0.2) is 24.2 Å². The predicted octanol–water partition coefficient (Wildman–Crippen LogP) is 2.75. The van der Waals surface area contributed by atoms with E-state index in [1.807, 2.05) is 41.2 Å². The maximum atomic E-state index is 9.29. The smallest absolute Gasteiger partial charge is 0.220 e. The van der Waals surface area contributed by atoms with Gasteiger partial charge in [-0.05, 0) is 49.8 Å². The van der Waals surface area contributed by atoms with Gasteiger partial charge in [0.05, 0.1) is 17.7 Å². The molecule has 24 heavy (non-hydrogen) atoms. The van der Waals surface area contributed by atoms with Gasteiger partial charge in [0.1, 0.15) is 23.0 Å². The zero-order valence-electron chi connectivity index (χ0n) is 13.5. The highest BCUT2D eigenvalue weighted by Gasteiger charge is 2.63. The van der Waals surface area contributed by atoms with E-state index >= 15 is 0 Å². The molecule has 1 fully saturated rings. The second-order valence-corrected chi connectivity index (χ2v) is 7.44. The number of guanidine groups is 1. The molecule has 0 saturated heterocycles. The summed E-state index contributed by atoms with van der Waals surface area (Å²) in [7, 11) is 1.78. The molecule has 0 amide bonds. The van der Waals surface area contributed by atoms with E-state index in [-0.39, 0.29) is 11.5 Å². The van der Waals surface area contributed by atoms with Crippen LogP contribution in [-0.2, 0) is 20.0 Å². The summed E-state index contributed by atoms with van der Waals surface area (Å²) in [6.45, 7) is 0. The molecule has 1 aromatic rings. The molecule has 0 bridgehead atoms. The molecule has 126 valence electrons. The fourth-order valence-corrected chi connectivity index (χ4v) is 4.96. The van der Waals surface area contributed by atoms with Crippen molar-refractivity contribution in [2.75, 3.05) is 7.05 Å². The van der Waals surface area contributed by atoms with Gasteiger partial charge in [0.25, 0.3) is 0 Å². The molecule has 0 radical (unpaired) electrons. The van der Waals surface area contributed by atoms with Crippen LogP contribution in [0.5, 0.6) is 0 Å². The number of hydrogen-bond donors (Lipinski definition) is 1. The summed E-state index contributed by atoms with van der Waals surface area (Å²) in [5.41, 5.74) is 7.93. The number of nitriles is 1. The van der Waals surface area contributed by atoms with Crippen LogP contribution in [0.15, 0.2) is 23.2 Å². The van der Waals surface area contributed by atoms with Crippen LogP contribution in [0.4, 0.5) is 0 Å². The van der Waals surface area contributed by atoms with Crippen molar-refractivity contribution in [2.45, 2.75) is 43.9 Å². The van der Waals surface area contributed by atoms with E-state index in [0.717, 1.165) is 37.7 Å². The first kappa shape index (κ1) is 16.1. The highest BCUT2D eigenvalue weighted by Crippen LogP contribution is 2.62. The number of fused-ring (bicyclic) bond motifs is 3. The lowest BCUT2D eigenvalue weighted by Crippen LogP contribution is -2.46. The minimum Gasteiger partial charge on any atom is -0.368 e. The van der Waals surface area contributed by atoms with Crippen molar-refractivity contribution < 1.29 is 7.90 Å². The largest absolute Gasteiger partial charge is 0.368 e. The van der Waals surface area contributed by atoms with Crippen molar-refractivity contribution >= 4 is 29.0 Å². The lowest BCUT2D eigenvalue weighted by atomic mass is 9.67. The van der Waals surface area contributed by atoms with Gasteiger partial charge in [0, 0.05) is 18.0 Å². The first-order chi connectivity index (χ1) is 11.5. The lowest BCUT2D eigenvalue weighted by molar-refractivity contribution is -0.230. The Bertz CT molecular complexity index is 751. The summed E-state index contributed by atoms with van der Waals surface area (Å²) in [5, 5.41) is 10.8. The summed E-state index contributed by atoms with van der Waals surface area (Å²) in [4.78, 5) is 11.1. The number of hydrogen-bond acceptors (Lipinski definition) is 6. The van der Waals surface area contributed by atoms with Crippen LogP contribution in [0, 0.1) is 16.7 Å². The standard InChI is InChI=1S/C17H19IN4O2/c1-22-15(20)21-17(24-22)14-8-11(10-19)2-3-12(14)9-16(17)6-4-13(23-18)5-7-16/h2-3,8,13H,4-7,9H2,1H3,(H2,20,21). The van der Waals surface area contributed by atoms with Gasteiger partial charge in [-0.3, -0.25) is 0 Å². The van der Waals surface area contributed by atoms with Crippen LogP contribution < -0.4 is 5.73 Å². The molecule has 1 saturated carbocycles. The van der Waals surface area contributed by atoms with Gasteiger partial charge in [-0.1, -0.05) is 6.07 Å². The zero-order valence-corrected chi connectivity index (χ0v) is 15.6. The van der Waals surface area contributed by atoms with Crippen molar-refractivity contribution in [1.82, 2.24) is 5.06 Å². The molecule has 1 aromatic carbocycles. The Kier molecular flexibility index (Phi) is 3.74. The molecule has 1 aliphatic heterocycles. The van der Waals surface area contributed by atoms with Crippen molar-refractivity contribution in [2.24, 2.45) is 16.1 Å². The Hall–Kier alpha value is -1.37. The normalized spacial score (nSPS) is 34.5. The lowest BCUT2D eigenvalue weighted by Gasteiger charge is -2.44.